The van der Waals surface area contributed by atoms with Crippen LogP contribution in [0.25, 0.3) is 0 Å². The van der Waals surface area contributed by atoms with Gasteiger partial charge in [-0.05, 0) is 35.9 Å². The minimum Gasteiger partial charge on any atom is -0.489 e. The third kappa shape index (κ3) is 5.12. The number of carbonyl (C=O) groups excluding carboxylic acids is 1. The molecule has 0 fully saturated rings. The minimum absolute atomic E-state index is 0.105. The number of benzene rings is 2. The van der Waals surface area contributed by atoms with Crippen molar-refractivity contribution in [2.24, 2.45) is 5.10 Å². The molecule has 1 amide bonds. The molecule has 0 saturated heterocycles. The van der Waals surface area contributed by atoms with Crippen LogP contribution in [-0.2, 0) is 6.61 Å². The minimum atomic E-state index is -0.462. The molecular weight excluding hydrogens is 369 g/mol. The predicted molar refractivity (Wildman–Crippen MR) is 101 cm³/mol. The Bertz CT molecular complexity index is 979. The van der Waals surface area contributed by atoms with Crippen LogP contribution in [0, 0.1) is 5.82 Å². The van der Waals surface area contributed by atoms with Crippen LogP contribution in [0.2, 0.25) is 5.15 Å². The van der Waals surface area contributed by atoms with Gasteiger partial charge in [-0.1, -0.05) is 41.9 Å². The maximum absolute atomic E-state index is 13.6. The molecular formula is C20H15ClFN3O2. The third-order valence-electron chi connectivity index (χ3n) is 3.59. The lowest BCUT2D eigenvalue weighted by molar-refractivity contribution is 0.0955. The number of hydrazone groups is 1. The van der Waals surface area contributed by atoms with Gasteiger partial charge in [-0.2, -0.15) is 5.10 Å². The van der Waals surface area contributed by atoms with Crippen molar-refractivity contribution in [3.05, 3.63) is 94.5 Å². The largest absolute Gasteiger partial charge is 0.489 e. The van der Waals surface area contributed by atoms with Gasteiger partial charge in [-0.25, -0.2) is 14.8 Å². The number of hydrogen-bond acceptors (Lipinski definition) is 4. The Morgan fingerprint density at radius 3 is 2.85 bits per heavy atom. The normalized spacial score (nSPS) is 10.7. The monoisotopic (exact) mass is 383 g/mol. The lowest BCUT2D eigenvalue weighted by atomic mass is 10.2. The van der Waals surface area contributed by atoms with Crippen LogP contribution in [0.3, 0.4) is 0 Å². The molecule has 27 heavy (non-hydrogen) atoms. The lowest BCUT2D eigenvalue weighted by Crippen LogP contribution is -2.18. The van der Waals surface area contributed by atoms with Crippen molar-refractivity contribution in [2.75, 3.05) is 0 Å². The highest BCUT2D eigenvalue weighted by molar-refractivity contribution is 6.32. The molecule has 0 bridgehead atoms. The first-order valence-corrected chi connectivity index (χ1v) is 8.41. The number of nitrogens with zero attached hydrogens (tertiary/aromatic N) is 2. The molecule has 0 atom stereocenters. The van der Waals surface area contributed by atoms with E-state index in [4.69, 9.17) is 16.3 Å². The highest BCUT2D eigenvalue weighted by atomic mass is 35.5. The molecule has 5 nitrogen and oxygen atoms in total. The van der Waals surface area contributed by atoms with Crippen molar-refractivity contribution in [3.8, 4) is 5.75 Å². The lowest BCUT2D eigenvalue weighted by Gasteiger charge is -2.07. The van der Waals surface area contributed by atoms with Gasteiger partial charge in [0.15, 0.2) is 0 Å². The van der Waals surface area contributed by atoms with Crippen LogP contribution < -0.4 is 10.2 Å². The van der Waals surface area contributed by atoms with Crippen LogP contribution in [0.15, 0.2) is 72.0 Å². The molecule has 1 aromatic heterocycles. The van der Waals surface area contributed by atoms with Gasteiger partial charge in [0.2, 0.25) is 0 Å². The summed E-state index contributed by atoms with van der Waals surface area (Å²) >= 11 is 5.87. The molecule has 3 rings (SSSR count). The van der Waals surface area contributed by atoms with E-state index in [0.29, 0.717) is 16.9 Å². The number of ether oxygens (including phenoxy) is 1. The average molecular weight is 384 g/mol. The van der Waals surface area contributed by atoms with Gasteiger partial charge >= 0.3 is 0 Å². The van der Waals surface area contributed by atoms with Crippen molar-refractivity contribution in [3.63, 3.8) is 0 Å². The van der Waals surface area contributed by atoms with Crippen molar-refractivity contribution < 1.29 is 13.9 Å². The third-order valence-corrected chi connectivity index (χ3v) is 3.89. The first-order chi connectivity index (χ1) is 13.1. The second-order valence-electron chi connectivity index (χ2n) is 5.49. The fraction of sp³-hybridized carbons (Fsp3) is 0.0500. The van der Waals surface area contributed by atoms with Gasteiger partial charge in [0.1, 0.15) is 23.3 Å². The molecule has 0 spiro atoms. The first kappa shape index (κ1) is 18.5. The standard InChI is InChI=1S/C20H15ClFN3O2/c21-19-17(8-4-10-23-19)20(26)25-24-12-14-5-3-7-16(11-14)27-13-15-6-1-2-9-18(15)22/h1-12H,13H2,(H,25,26). The highest BCUT2D eigenvalue weighted by Crippen LogP contribution is 2.16. The van der Waals surface area contributed by atoms with E-state index < -0.39 is 5.91 Å². The molecule has 0 aliphatic rings. The van der Waals surface area contributed by atoms with E-state index in [2.05, 4.69) is 15.5 Å². The Labute approximate surface area is 160 Å². The fourth-order valence-corrected chi connectivity index (χ4v) is 2.45. The molecule has 0 unspecified atom stereocenters. The molecule has 136 valence electrons. The number of pyridine rings is 1. The maximum atomic E-state index is 13.6. The molecule has 7 heteroatoms. The number of halogens is 2. The molecule has 0 radical (unpaired) electrons. The van der Waals surface area contributed by atoms with Gasteiger partial charge in [0.05, 0.1) is 11.8 Å². The summed E-state index contributed by atoms with van der Waals surface area (Å²) in [5.74, 6) is -0.216. The Morgan fingerprint density at radius 2 is 2.04 bits per heavy atom. The van der Waals surface area contributed by atoms with E-state index in [1.807, 2.05) is 0 Å². The summed E-state index contributed by atoms with van der Waals surface area (Å²) in [4.78, 5) is 15.8. The van der Waals surface area contributed by atoms with Crippen molar-refractivity contribution >= 4 is 23.7 Å². The van der Waals surface area contributed by atoms with E-state index in [1.165, 1.54) is 18.5 Å². The molecule has 2 aromatic carbocycles. The number of amides is 1. The summed E-state index contributed by atoms with van der Waals surface area (Å²) in [5.41, 5.74) is 3.80. The summed E-state index contributed by atoms with van der Waals surface area (Å²) in [6, 6.07) is 16.7. The van der Waals surface area contributed by atoms with Crippen molar-refractivity contribution in [1.82, 2.24) is 10.4 Å². The van der Waals surface area contributed by atoms with E-state index in [-0.39, 0.29) is 23.1 Å². The van der Waals surface area contributed by atoms with E-state index in [9.17, 15) is 9.18 Å². The zero-order valence-corrected chi connectivity index (χ0v) is 14.9. The maximum Gasteiger partial charge on any atom is 0.274 e. The number of nitrogens with one attached hydrogen (secondary N) is 1. The molecule has 0 aliphatic carbocycles. The summed E-state index contributed by atoms with van der Waals surface area (Å²) in [5, 5.41) is 4.01. The molecule has 3 aromatic rings. The van der Waals surface area contributed by atoms with Gasteiger partial charge in [0, 0.05) is 11.8 Å². The van der Waals surface area contributed by atoms with Crippen LogP contribution in [0.4, 0.5) is 4.39 Å². The summed E-state index contributed by atoms with van der Waals surface area (Å²) in [6.45, 7) is 0.115. The molecule has 0 aliphatic heterocycles. The summed E-state index contributed by atoms with van der Waals surface area (Å²) in [6.07, 6.45) is 2.97. The van der Waals surface area contributed by atoms with Crippen LogP contribution >= 0.6 is 11.6 Å². The number of carbonyl (C=O) groups is 1. The Kier molecular flexibility index (Phi) is 6.12. The highest BCUT2D eigenvalue weighted by Gasteiger charge is 2.09. The summed E-state index contributed by atoms with van der Waals surface area (Å²) < 4.78 is 19.2. The Morgan fingerprint density at radius 1 is 1.19 bits per heavy atom. The fourth-order valence-electron chi connectivity index (χ4n) is 2.24. The Hall–Kier alpha value is -3.25. The summed E-state index contributed by atoms with van der Waals surface area (Å²) in [7, 11) is 0. The molecule has 1 N–H and O–H groups in total. The first-order valence-electron chi connectivity index (χ1n) is 8.03. The second-order valence-corrected chi connectivity index (χ2v) is 5.85. The van der Waals surface area contributed by atoms with Gasteiger partial charge in [0.25, 0.3) is 5.91 Å². The van der Waals surface area contributed by atoms with E-state index in [0.717, 1.165) is 0 Å². The van der Waals surface area contributed by atoms with Crippen molar-refractivity contribution in [1.29, 1.82) is 0 Å². The van der Waals surface area contributed by atoms with Crippen LogP contribution in [-0.4, -0.2) is 17.1 Å². The molecule has 1 heterocycles. The number of hydrogen-bond donors (Lipinski definition) is 1. The number of aromatic nitrogens is 1. The Balaban J connectivity index is 1.60. The second kappa shape index (κ2) is 8.91. The zero-order valence-electron chi connectivity index (χ0n) is 14.1. The van der Waals surface area contributed by atoms with Gasteiger partial charge in [-0.15, -0.1) is 0 Å². The zero-order chi connectivity index (χ0) is 19.1. The SMILES string of the molecule is O=C(NN=Cc1cccc(OCc2ccccc2F)c1)c1cccnc1Cl. The number of rotatable bonds is 6. The van der Waals surface area contributed by atoms with E-state index in [1.54, 1.807) is 54.6 Å². The van der Waals surface area contributed by atoms with E-state index >= 15 is 0 Å². The smallest absolute Gasteiger partial charge is 0.274 e. The molecule has 0 saturated carbocycles. The average Bonchev–Trinajstić information content (AvgIpc) is 2.68. The van der Waals surface area contributed by atoms with Crippen molar-refractivity contribution in [2.45, 2.75) is 6.61 Å². The van der Waals surface area contributed by atoms with Gasteiger partial charge in [-0.3, -0.25) is 4.79 Å². The van der Waals surface area contributed by atoms with Crippen LogP contribution in [0.1, 0.15) is 21.5 Å². The topological polar surface area (TPSA) is 63.6 Å². The van der Waals surface area contributed by atoms with Crippen LogP contribution in [0.5, 0.6) is 5.75 Å². The predicted octanol–water partition coefficient (Wildman–Crippen LogP) is 4.22. The quantitative estimate of drug-likeness (QED) is 0.394. The van der Waals surface area contributed by atoms with Gasteiger partial charge < -0.3 is 4.74 Å².